The second kappa shape index (κ2) is 7.34. The van der Waals surface area contributed by atoms with Crippen LogP contribution in [0.3, 0.4) is 0 Å². The number of ether oxygens (including phenoxy) is 1. The second-order valence-electron chi connectivity index (χ2n) is 4.31. The fraction of sp³-hybridized carbons (Fsp3) is 0.200. The van der Waals surface area contributed by atoms with E-state index >= 15 is 0 Å². The maximum atomic E-state index is 10.6. The fourth-order valence-electron chi connectivity index (χ4n) is 1.91. The van der Waals surface area contributed by atoms with Crippen LogP contribution in [0.4, 0.5) is 0 Å². The van der Waals surface area contributed by atoms with Crippen molar-refractivity contribution in [1.29, 1.82) is 0 Å². The lowest BCUT2D eigenvalue weighted by Gasteiger charge is -2.17. The van der Waals surface area contributed by atoms with Crippen LogP contribution in [0.2, 0.25) is 10.0 Å². The Hall–Kier alpha value is -0.260. The van der Waals surface area contributed by atoms with E-state index in [4.69, 9.17) is 27.9 Å². The van der Waals surface area contributed by atoms with Crippen molar-refractivity contribution in [1.82, 2.24) is 0 Å². The van der Waals surface area contributed by atoms with Gasteiger partial charge in [0.05, 0.1) is 16.7 Å². The van der Waals surface area contributed by atoms with Gasteiger partial charge < -0.3 is 9.84 Å². The summed E-state index contributed by atoms with van der Waals surface area (Å²) in [6.07, 6.45) is -0.891. The SMILES string of the molecule is CCOc1cc(Cl)c(C(O)c2cc(Br)ccc2Br)cc1Cl. The van der Waals surface area contributed by atoms with Gasteiger partial charge in [-0.3, -0.25) is 0 Å². The molecule has 2 nitrogen and oxygen atoms in total. The summed E-state index contributed by atoms with van der Waals surface area (Å²) in [4.78, 5) is 0. The fourth-order valence-corrected chi connectivity index (χ4v) is 3.24. The van der Waals surface area contributed by atoms with E-state index in [1.54, 1.807) is 12.1 Å². The third kappa shape index (κ3) is 3.93. The largest absolute Gasteiger partial charge is 0.492 e. The lowest BCUT2D eigenvalue weighted by Crippen LogP contribution is -2.03. The standard InChI is InChI=1S/C15H12Br2Cl2O2/c1-2-21-14-7-12(18)10(6-13(14)19)15(20)9-5-8(16)3-4-11(9)17/h3-7,15,20H,2H2,1H3. The van der Waals surface area contributed by atoms with Crippen molar-refractivity contribution in [3.63, 3.8) is 0 Å². The summed E-state index contributed by atoms with van der Waals surface area (Å²) < 4.78 is 7.05. The van der Waals surface area contributed by atoms with E-state index in [-0.39, 0.29) is 0 Å². The lowest BCUT2D eigenvalue weighted by atomic mass is 10.0. The molecule has 2 rings (SSSR count). The Labute approximate surface area is 150 Å². The number of benzene rings is 2. The first-order valence-electron chi connectivity index (χ1n) is 6.18. The van der Waals surface area contributed by atoms with Crippen LogP contribution in [-0.2, 0) is 0 Å². The van der Waals surface area contributed by atoms with Crippen LogP contribution in [0.15, 0.2) is 39.3 Å². The summed E-state index contributed by atoms with van der Waals surface area (Å²) >= 11 is 19.2. The number of aliphatic hydroxyl groups excluding tert-OH is 1. The highest BCUT2D eigenvalue weighted by Gasteiger charge is 2.19. The van der Waals surface area contributed by atoms with Gasteiger partial charge in [-0.2, -0.15) is 0 Å². The predicted molar refractivity (Wildman–Crippen MR) is 93.5 cm³/mol. The van der Waals surface area contributed by atoms with E-state index in [0.29, 0.717) is 33.5 Å². The third-order valence-electron chi connectivity index (χ3n) is 2.90. The van der Waals surface area contributed by atoms with E-state index in [2.05, 4.69) is 31.9 Å². The highest BCUT2D eigenvalue weighted by atomic mass is 79.9. The van der Waals surface area contributed by atoms with Gasteiger partial charge in [-0.05, 0) is 31.2 Å². The van der Waals surface area contributed by atoms with Crippen molar-refractivity contribution in [2.24, 2.45) is 0 Å². The minimum Gasteiger partial charge on any atom is -0.492 e. The first-order chi connectivity index (χ1) is 9.93. The Morgan fingerprint density at radius 1 is 1.10 bits per heavy atom. The Morgan fingerprint density at radius 3 is 2.48 bits per heavy atom. The number of rotatable bonds is 4. The molecule has 1 unspecified atom stereocenters. The van der Waals surface area contributed by atoms with Crippen molar-refractivity contribution < 1.29 is 9.84 Å². The molecule has 0 aliphatic heterocycles. The molecule has 0 aliphatic carbocycles. The summed E-state index contributed by atoms with van der Waals surface area (Å²) in [5.74, 6) is 0.508. The van der Waals surface area contributed by atoms with Gasteiger partial charge in [0.1, 0.15) is 11.9 Å². The highest BCUT2D eigenvalue weighted by Crippen LogP contribution is 2.38. The van der Waals surface area contributed by atoms with Crippen LogP contribution in [0, 0.1) is 0 Å². The van der Waals surface area contributed by atoms with Crippen LogP contribution in [-0.4, -0.2) is 11.7 Å². The molecule has 2 aromatic carbocycles. The van der Waals surface area contributed by atoms with Gasteiger partial charge in [0.25, 0.3) is 0 Å². The van der Waals surface area contributed by atoms with E-state index in [9.17, 15) is 5.11 Å². The van der Waals surface area contributed by atoms with Crippen LogP contribution < -0.4 is 4.74 Å². The summed E-state index contributed by atoms with van der Waals surface area (Å²) in [6, 6.07) is 8.82. The minimum absolute atomic E-state index is 0.405. The number of aliphatic hydroxyl groups is 1. The molecule has 0 aliphatic rings. The zero-order valence-corrected chi connectivity index (χ0v) is 15.7. The molecule has 0 aromatic heterocycles. The highest BCUT2D eigenvalue weighted by molar-refractivity contribution is 9.11. The van der Waals surface area contributed by atoms with Crippen molar-refractivity contribution in [2.45, 2.75) is 13.0 Å². The maximum absolute atomic E-state index is 10.6. The molecule has 0 saturated heterocycles. The molecule has 0 bridgehead atoms. The van der Waals surface area contributed by atoms with Gasteiger partial charge in [-0.15, -0.1) is 0 Å². The molecule has 0 heterocycles. The molecule has 2 aromatic rings. The lowest BCUT2D eigenvalue weighted by molar-refractivity contribution is 0.219. The van der Waals surface area contributed by atoms with Gasteiger partial charge in [-0.1, -0.05) is 55.1 Å². The average molecular weight is 455 g/mol. The van der Waals surface area contributed by atoms with Crippen molar-refractivity contribution >= 4 is 55.1 Å². The molecular weight excluding hydrogens is 443 g/mol. The molecule has 0 amide bonds. The zero-order valence-electron chi connectivity index (χ0n) is 11.0. The van der Waals surface area contributed by atoms with Crippen molar-refractivity contribution in [3.05, 3.63) is 60.4 Å². The van der Waals surface area contributed by atoms with Gasteiger partial charge in [-0.25, -0.2) is 0 Å². The molecule has 112 valence electrons. The van der Waals surface area contributed by atoms with E-state index in [1.165, 1.54) is 0 Å². The van der Waals surface area contributed by atoms with E-state index in [1.807, 2.05) is 25.1 Å². The van der Waals surface area contributed by atoms with Crippen molar-refractivity contribution in [2.75, 3.05) is 6.61 Å². The quantitative estimate of drug-likeness (QED) is 0.614. The first-order valence-corrected chi connectivity index (χ1v) is 8.53. The summed E-state index contributed by atoms with van der Waals surface area (Å²) in [5, 5.41) is 11.4. The number of hydrogen-bond donors (Lipinski definition) is 1. The molecule has 0 fully saturated rings. The van der Waals surface area contributed by atoms with E-state index < -0.39 is 6.10 Å². The second-order valence-corrected chi connectivity index (χ2v) is 6.89. The minimum atomic E-state index is -0.891. The van der Waals surface area contributed by atoms with E-state index in [0.717, 1.165) is 8.95 Å². The van der Waals surface area contributed by atoms with Gasteiger partial charge in [0.2, 0.25) is 0 Å². The Kier molecular flexibility index (Phi) is 5.97. The van der Waals surface area contributed by atoms with Gasteiger partial charge >= 0.3 is 0 Å². The first kappa shape index (κ1) is 17.1. The van der Waals surface area contributed by atoms with Gasteiger partial charge in [0.15, 0.2) is 0 Å². The van der Waals surface area contributed by atoms with Crippen molar-refractivity contribution in [3.8, 4) is 5.75 Å². The molecule has 21 heavy (non-hydrogen) atoms. The molecular formula is C15H12Br2Cl2O2. The molecule has 6 heteroatoms. The normalized spacial score (nSPS) is 12.3. The predicted octanol–water partition coefficient (Wildman–Crippen LogP) is 6.00. The summed E-state index contributed by atoms with van der Waals surface area (Å²) in [5.41, 5.74) is 1.23. The average Bonchev–Trinajstić information content (AvgIpc) is 2.44. The zero-order chi connectivity index (χ0) is 15.6. The van der Waals surface area contributed by atoms with Crippen LogP contribution in [0.5, 0.6) is 5.75 Å². The summed E-state index contributed by atoms with van der Waals surface area (Å²) in [6.45, 7) is 2.36. The smallest absolute Gasteiger partial charge is 0.139 e. The molecule has 0 saturated carbocycles. The number of halogens is 4. The molecule has 0 radical (unpaired) electrons. The third-order valence-corrected chi connectivity index (χ3v) is 4.74. The molecule has 0 spiro atoms. The van der Waals surface area contributed by atoms with Crippen LogP contribution in [0.1, 0.15) is 24.2 Å². The topological polar surface area (TPSA) is 29.5 Å². The maximum Gasteiger partial charge on any atom is 0.139 e. The Bertz CT molecular complexity index is 662. The summed E-state index contributed by atoms with van der Waals surface area (Å²) in [7, 11) is 0. The molecule has 1 N–H and O–H groups in total. The molecule has 1 atom stereocenters. The Morgan fingerprint density at radius 2 is 1.81 bits per heavy atom. The van der Waals surface area contributed by atoms with Crippen LogP contribution in [0.25, 0.3) is 0 Å². The monoisotopic (exact) mass is 452 g/mol. The van der Waals surface area contributed by atoms with Crippen LogP contribution >= 0.6 is 55.1 Å². The van der Waals surface area contributed by atoms with Gasteiger partial charge in [0, 0.05) is 26.1 Å². The Balaban J connectivity index is 2.46. The number of hydrogen-bond acceptors (Lipinski definition) is 2.